The van der Waals surface area contributed by atoms with Crippen molar-refractivity contribution in [1.82, 2.24) is 4.98 Å². The van der Waals surface area contributed by atoms with Crippen LogP contribution in [0, 0.1) is 0 Å². The number of benzene rings is 1. The molecule has 0 amide bonds. The van der Waals surface area contributed by atoms with Gasteiger partial charge in [-0.1, -0.05) is 31.5 Å². The quantitative estimate of drug-likeness (QED) is 0.575. The van der Waals surface area contributed by atoms with E-state index in [0.29, 0.717) is 12.4 Å². The monoisotopic (exact) mass is 279 g/mol. The molecule has 0 saturated carbocycles. The lowest BCUT2D eigenvalue weighted by atomic mass is 10.3. The van der Waals surface area contributed by atoms with Crippen molar-refractivity contribution in [2.24, 2.45) is 0 Å². The fourth-order valence-electron chi connectivity index (χ4n) is 1.82. The van der Waals surface area contributed by atoms with Crippen LogP contribution in [0.5, 0.6) is 0 Å². The molecule has 1 aromatic carbocycles. The van der Waals surface area contributed by atoms with Gasteiger partial charge in [0.2, 0.25) is 0 Å². The van der Waals surface area contributed by atoms with Crippen LogP contribution in [0.4, 0.5) is 0 Å². The molecular formula is C15H21NO2S. The number of hydrogen-bond donors (Lipinski definition) is 2. The Morgan fingerprint density at radius 3 is 3.00 bits per heavy atom. The van der Waals surface area contributed by atoms with Crippen LogP contribution >= 0.6 is 11.8 Å². The van der Waals surface area contributed by atoms with Gasteiger partial charge < -0.3 is 14.8 Å². The molecule has 0 aliphatic rings. The predicted octanol–water partition coefficient (Wildman–Crippen LogP) is 3.44. The lowest BCUT2D eigenvalue weighted by Gasteiger charge is -2.09. The maximum absolute atomic E-state index is 9.82. The van der Waals surface area contributed by atoms with E-state index in [0.717, 1.165) is 30.0 Å². The van der Waals surface area contributed by atoms with Crippen molar-refractivity contribution in [2.45, 2.75) is 30.9 Å². The van der Waals surface area contributed by atoms with Crippen LogP contribution in [-0.4, -0.2) is 35.2 Å². The second kappa shape index (κ2) is 7.58. The summed E-state index contributed by atoms with van der Waals surface area (Å²) in [6.07, 6.45) is 1.77. The van der Waals surface area contributed by atoms with Crippen LogP contribution in [0.25, 0.3) is 10.9 Å². The molecule has 1 unspecified atom stereocenters. The van der Waals surface area contributed by atoms with Crippen LogP contribution in [-0.2, 0) is 4.74 Å². The zero-order valence-corrected chi connectivity index (χ0v) is 12.1. The van der Waals surface area contributed by atoms with E-state index >= 15 is 0 Å². The number of fused-ring (bicyclic) bond motifs is 1. The molecule has 2 aromatic rings. The zero-order chi connectivity index (χ0) is 13.5. The molecule has 0 bridgehead atoms. The number of thioether (sulfide) groups is 1. The minimum Gasteiger partial charge on any atom is -0.390 e. The fourth-order valence-corrected chi connectivity index (χ4v) is 2.68. The maximum Gasteiger partial charge on any atom is 0.0867 e. The molecule has 1 atom stereocenters. The van der Waals surface area contributed by atoms with Gasteiger partial charge >= 0.3 is 0 Å². The number of aliphatic hydroxyl groups excluding tert-OH is 1. The second-order valence-electron chi connectivity index (χ2n) is 4.61. The van der Waals surface area contributed by atoms with Crippen molar-refractivity contribution in [3.63, 3.8) is 0 Å². The minimum atomic E-state index is -0.409. The van der Waals surface area contributed by atoms with Gasteiger partial charge in [-0.2, -0.15) is 0 Å². The first kappa shape index (κ1) is 14.4. The Morgan fingerprint density at radius 1 is 1.37 bits per heavy atom. The maximum atomic E-state index is 9.82. The van der Waals surface area contributed by atoms with Crippen molar-refractivity contribution in [2.75, 3.05) is 19.0 Å². The Morgan fingerprint density at radius 2 is 2.21 bits per heavy atom. The van der Waals surface area contributed by atoms with Gasteiger partial charge in [0.15, 0.2) is 0 Å². The molecule has 4 heteroatoms. The third-order valence-electron chi connectivity index (χ3n) is 2.89. The molecule has 1 heterocycles. The second-order valence-corrected chi connectivity index (χ2v) is 5.68. The van der Waals surface area contributed by atoms with Crippen LogP contribution in [0.3, 0.4) is 0 Å². The highest BCUT2D eigenvalue weighted by Crippen LogP contribution is 2.23. The molecule has 1 aromatic heterocycles. The highest BCUT2D eigenvalue weighted by Gasteiger charge is 2.07. The molecule has 3 nitrogen and oxygen atoms in total. The predicted molar refractivity (Wildman–Crippen MR) is 80.8 cm³/mol. The van der Waals surface area contributed by atoms with Crippen LogP contribution in [0.1, 0.15) is 19.8 Å². The van der Waals surface area contributed by atoms with Gasteiger partial charge in [0.1, 0.15) is 0 Å². The normalized spacial score (nSPS) is 12.9. The number of nitrogens with one attached hydrogen (secondary N) is 1. The molecule has 0 fully saturated rings. The Labute approximate surface area is 118 Å². The van der Waals surface area contributed by atoms with Crippen molar-refractivity contribution >= 4 is 22.7 Å². The highest BCUT2D eigenvalue weighted by atomic mass is 32.2. The van der Waals surface area contributed by atoms with Gasteiger partial charge in [-0.05, 0) is 18.6 Å². The molecule has 0 aliphatic heterocycles. The number of ether oxygens (including phenoxy) is 1. The van der Waals surface area contributed by atoms with Gasteiger partial charge in [0.05, 0.1) is 17.7 Å². The van der Waals surface area contributed by atoms with Crippen molar-refractivity contribution in [3.05, 3.63) is 30.3 Å². The first-order valence-corrected chi connectivity index (χ1v) is 7.74. The number of unbranched alkanes of at least 4 members (excludes halogenated alkanes) is 1. The summed E-state index contributed by atoms with van der Waals surface area (Å²) >= 11 is 1.63. The Hall–Kier alpha value is -0.970. The summed E-state index contributed by atoms with van der Waals surface area (Å²) in [4.78, 5) is 3.34. The number of rotatable bonds is 8. The average Bonchev–Trinajstić information content (AvgIpc) is 2.84. The third kappa shape index (κ3) is 4.56. The first-order valence-electron chi connectivity index (χ1n) is 6.76. The summed E-state index contributed by atoms with van der Waals surface area (Å²) in [6.45, 7) is 3.30. The molecule has 2 N–H and O–H groups in total. The van der Waals surface area contributed by atoms with Crippen molar-refractivity contribution in [1.29, 1.82) is 0 Å². The van der Waals surface area contributed by atoms with E-state index in [-0.39, 0.29) is 0 Å². The van der Waals surface area contributed by atoms with E-state index in [1.54, 1.807) is 11.8 Å². The van der Waals surface area contributed by atoms with Crippen LogP contribution in [0.15, 0.2) is 35.4 Å². The first-order chi connectivity index (χ1) is 9.29. The summed E-state index contributed by atoms with van der Waals surface area (Å²) in [6, 6.07) is 10.3. The van der Waals surface area contributed by atoms with E-state index in [9.17, 15) is 5.11 Å². The lowest BCUT2D eigenvalue weighted by molar-refractivity contribution is 0.0473. The lowest BCUT2D eigenvalue weighted by Crippen LogP contribution is -2.18. The summed E-state index contributed by atoms with van der Waals surface area (Å²) in [5, 5.41) is 12.1. The van der Waals surface area contributed by atoms with Gasteiger partial charge in [0, 0.05) is 23.3 Å². The summed E-state index contributed by atoms with van der Waals surface area (Å²) in [5.74, 6) is 0.652. The Bertz CT molecular complexity index is 465. The molecule has 0 spiro atoms. The number of para-hydroxylation sites is 1. The van der Waals surface area contributed by atoms with Gasteiger partial charge in [-0.3, -0.25) is 0 Å². The van der Waals surface area contributed by atoms with Crippen molar-refractivity contribution < 1.29 is 9.84 Å². The number of aromatic amines is 1. The van der Waals surface area contributed by atoms with E-state index < -0.39 is 6.10 Å². The summed E-state index contributed by atoms with van der Waals surface area (Å²) < 4.78 is 5.41. The van der Waals surface area contributed by atoms with E-state index in [1.165, 1.54) is 5.39 Å². The number of H-pyrrole nitrogens is 1. The van der Waals surface area contributed by atoms with Gasteiger partial charge in [0.25, 0.3) is 0 Å². The largest absolute Gasteiger partial charge is 0.390 e. The molecule has 0 aliphatic carbocycles. The molecule has 0 radical (unpaired) electrons. The number of aromatic nitrogens is 1. The smallest absolute Gasteiger partial charge is 0.0867 e. The molecular weight excluding hydrogens is 258 g/mol. The standard InChI is InChI=1S/C15H21NO2S/c1-2-3-8-18-10-13(17)11-19-15-9-12-6-4-5-7-14(12)16-15/h4-7,9,13,16-17H,2-3,8,10-11H2,1H3. The van der Waals surface area contributed by atoms with Gasteiger partial charge in [-0.25, -0.2) is 0 Å². The average molecular weight is 279 g/mol. The highest BCUT2D eigenvalue weighted by molar-refractivity contribution is 7.99. The minimum absolute atomic E-state index is 0.409. The number of aliphatic hydroxyl groups is 1. The van der Waals surface area contributed by atoms with E-state index in [4.69, 9.17) is 4.74 Å². The summed E-state index contributed by atoms with van der Waals surface area (Å²) in [5.41, 5.74) is 1.14. The van der Waals surface area contributed by atoms with E-state index in [1.807, 2.05) is 12.1 Å². The van der Waals surface area contributed by atoms with Crippen LogP contribution < -0.4 is 0 Å². The SMILES string of the molecule is CCCCOCC(O)CSc1cc2ccccc2[nH]1. The van der Waals surface area contributed by atoms with E-state index in [2.05, 4.69) is 30.1 Å². The molecule has 19 heavy (non-hydrogen) atoms. The van der Waals surface area contributed by atoms with Gasteiger partial charge in [-0.15, -0.1) is 11.8 Å². The number of hydrogen-bond acceptors (Lipinski definition) is 3. The van der Waals surface area contributed by atoms with Crippen LogP contribution in [0.2, 0.25) is 0 Å². The topological polar surface area (TPSA) is 45.2 Å². The molecule has 0 saturated heterocycles. The third-order valence-corrected chi connectivity index (χ3v) is 3.97. The Kier molecular flexibility index (Phi) is 5.76. The molecule has 2 rings (SSSR count). The molecule has 104 valence electrons. The van der Waals surface area contributed by atoms with Crippen molar-refractivity contribution in [3.8, 4) is 0 Å². The Balaban J connectivity index is 1.75. The fraction of sp³-hybridized carbons (Fsp3) is 0.467. The summed E-state index contributed by atoms with van der Waals surface area (Å²) in [7, 11) is 0. The zero-order valence-electron chi connectivity index (χ0n) is 11.3.